The maximum Gasteiger partial charge on any atom is 0.174 e. The number of ether oxygens (including phenoxy) is 1. The normalized spacial score (nSPS) is 9.67. The highest BCUT2D eigenvalue weighted by atomic mass is 19.1. The SMILES string of the molecule is CC.COc1ccc2c(ccn2C)c1F. The minimum Gasteiger partial charge on any atom is -0.494 e. The lowest BCUT2D eigenvalue weighted by Crippen LogP contribution is -1.89. The number of halogens is 1. The first kappa shape index (κ1) is 11.6. The Hall–Kier alpha value is -1.51. The van der Waals surface area contributed by atoms with E-state index >= 15 is 0 Å². The first-order valence-electron chi connectivity index (χ1n) is 5.01. The molecule has 0 radical (unpaired) electrons. The van der Waals surface area contributed by atoms with Crippen molar-refractivity contribution in [3.05, 3.63) is 30.2 Å². The van der Waals surface area contributed by atoms with Crippen molar-refractivity contribution in [2.45, 2.75) is 13.8 Å². The van der Waals surface area contributed by atoms with Crippen molar-refractivity contribution in [3.8, 4) is 5.75 Å². The van der Waals surface area contributed by atoms with Gasteiger partial charge < -0.3 is 9.30 Å². The Morgan fingerprint density at radius 3 is 2.47 bits per heavy atom. The Balaban J connectivity index is 0.000000531. The fourth-order valence-electron chi connectivity index (χ4n) is 1.45. The third-order valence-corrected chi connectivity index (χ3v) is 2.19. The lowest BCUT2D eigenvalue weighted by Gasteiger charge is -2.02. The van der Waals surface area contributed by atoms with E-state index in [1.54, 1.807) is 12.1 Å². The van der Waals surface area contributed by atoms with Crippen molar-refractivity contribution in [1.82, 2.24) is 4.57 Å². The van der Waals surface area contributed by atoms with Gasteiger partial charge in [0.15, 0.2) is 11.6 Å². The molecule has 0 aliphatic rings. The van der Waals surface area contributed by atoms with Crippen LogP contribution in [0.3, 0.4) is 0 Å². The van der Waals surface area contributed by atoms with Gasteiger partial charge in [0.2, 0.25) is 0 Å². The van der Waals surface area contributed by atoms with Crippen LogP contribution < -0.4 is 4.74 Å². The second-order valence-corrected chi connectivity index (χ2v) is 2.94. The second kappa shape index (κ2) is 4.82. The van der Waals surface area contributed by atoms with Gasteiger partial charge in [-0.05, 0) is 18.2 Å². The number of aromatic nitrogens is 1. The van der Waals surface area contributed by atoms with Gasteiger partial charge in [0.1, 0.15) is 0 Å². The topological polar surface area (TPSA) is 14.2 Å². The molecular weight excluding hydrogens is 193 g/mol. The minimum atomic E-state index is -0.291. The zero-order chi connectivity index (χ0) is 11.4. The number of benzene rings is 1. The summed E-state index contributed by atoms with van der Waals surface area (Å²) >= 11 is 0. The molecule has 2 aromatic rings. The van der Waals surface area contributed by atoms with Gasteiger partial charge in [0.05, 0.1) is 12.6 Å². The van der Waals surface area contributed by atoms with Crippen molar-refractivity contribution in [3.63, 3.8) is 0 Å². The van der Waals surface area contributed by atoms with Crippen LogP contribution in [0.1, 0.15) is 13.8 Å². The van der Waals surface area contributed by atoms with E-state index in [-0.39, 0.29) is 5.82 Å². The van der Waals surface area contributed by atoms with Crippen LogP contribution >= 0.6 is 0 Å². The van der Waals surface area contributed by atoms with Crippen LogP contribution in [0.4, 0.5) is 4.39 Å². The van der Waals surface area contributed by atoms with E-state index in [0.717, 1.165) is 5.52 Å². The van der Waals surface area contributed by atoms with E-state index in [1.165, 1.54) is 7.11 Å². The fraction of sp³-hybridized carbons (Fsp3) is 0.333. The highest BCUT2D eigenvalue weighted by molar-refractivity contribution is 5.82. The van der Waals surface area contributed by atoms with Crippen molar-refractivity contribution in [2.75, 3.05) is 7.11 Å². The molecule has 0 spiro atoms. The summed E-state index contributed by atoms with van der Waals surface area (Å²) in [7, 11) is 3.35. The Labute approximate surface area is 89.3 Å². The molecule has 0 amide bonds. The zero-order valence-electron chi connectivity index (χ0n) is 9.54. The quantitative estimate of drug-likeness (QED) is 0.702. The lowest BCUT2D eigenvalue weighted by atomic mass is 10.2. The van der Waals surface area contributed by atoms with Gasteiger partial charge in [-0.1, -0.05) is 13.8 Å². The van der Waals surface area contributed by atoms with E-state index in [0.29, 0.717) is 11.1 Å². The van der Waals surface area contributed by atoms with Crippen molar-refractivity contribution >= 4 is 10.9 Å². The van der Waals surface area contributed by atoms with Crippen molar-refractivity contribution in [1.29, 1.82) is 0 Å². The van der Waals surface area contributed by atoms with Crippen molar-refractivity contribution in [2.24, 2.45) is 7.05 Å². The van der Waals surface area contributed by atoms with Crippen molar-refractivity contribution < 1.29 is 9.13 Å². The molecule has 0 aliphatic carbocycles. The van der Waals surface area contributed by atoms with E-state index in [1.807, 2.05) is 37.7 Å². The second-order valence-electron chi connectivity index (χ2n) is 2.94. The third-order valence-electron chi connectivity index (χ3n) is 2.19. The number of hydrogen-bond acceptors (Lipinski definition) is 1. The molecule has 0 bridgehead atoms. The zero-order valence-corrected chi connectivity index (χ0v) is 9.54. The van der Waals surface area contributed by atoms with Crippen LogP contribution in [-0.4, -0.2) is 11.7 Å². The fourth-order valence-corrected chi connectivity index (χ4v) is 1.45. The molecule has 1 aromatic carbocycles. The summed E-state index contributed by atoms with van der Waals surface area (Å²) in [4.78, 5) is 0. The molecule has 0 N–H and O–H groups in total. The Morgan fingerprint density at radius 1 is 1.20 bits per heavy atom. The number of hydrogen-bond donors (Lipinski definition) is 0. The van der Waals surface area contributed by atoms with E-state index in [9.17, 15) is 4.39 Å². The summed E-state index contributed by atoms with van der Waals surface area (Å²) in [6, 6.07) is 5.22. The molecule has 2 rings (SSSR count). The van der Waals surface area contributed by atoms with Gasteiger partial charge in [-0.3, -0.25) is 0 Å². The molecule has 82 valence electrons. The van der Waals surface area contributed by atoms with Gasteiger partial charge in [0.25, 0.3) is 0 Å². The average molecular weight is 209 g/mol. The van der Waals surface area contributed by atoms with Gasteiger partial charge in [0, 0.05) is 18.6 Å². The van der Waals surface area contributed by atoms with Crippen LogP contribution in [0.5, 0.6) is 5.75 Å². The largest absolute Gasteiger partial charge is 0.494 e. The molecule has 0 saturated carbocycles. The van der Waals surface area contributed by atoms with Crippen LogP contribution in [0, 0.1) is 5.82 Å². The maximum absolute atomic E-state index is 13.5. The maximum atomic E-state index is 13.5. The van der Waals surface area contributed by atoms with Gasteiger partial charge >= 0.3 is 0 Å². The van der Waals surface area contributed by atoms with E-state index in [2.05, 4.69) is 0 Å². The summed E-state index contributed by atoms with van der Waals surface area (Å²) in [5.41, 5.74) is 0.873. The molecule has 0 saturated heterocycles. The monoisotopic (exact) mass is 209 g/mol. The summed E-state index contributed by atoms with van der Waals surface area (Å²) < 4.78 is 20.3. The third kappa shape index (κ3) is 1.96. The number of aryl methyl sites for hydroxylation is 1. The summed E-state index contributed by atoms with van der Waals surface area (Å²) in [5.74, 6) is -0.000648. The molecule has 2 nitrogen and oxygen atoms in total. The summed E-state index contributed by atoms with van der Waals surface area (Å²) in [5, 5.41) is 0.599. The van der Waals surface area contributed by atoms with Crippen LogP contribution in [0.15, 0.2) is 24.4 Å². The number of methoxy groups -OCH3 is 1. The molecule has 15 heavy (non-hydrogen) atoms. The number of nitrogens with zero attached hydrogens (tertiary/aromatic N) is 1. The molecule has 0 atom stereocenters. The number of rotatable bonds is 1. The van der Waals surface area contributed by atoms with Crippen LogP contribution in [-0.2, 0) is 7.05 Å². The minimum absolute atomic E-state index is 0.290. The molecule has 1 heterocycles. The molecule has 1 aromatic heterocycles. The summed E-state index contributed by atoms with van der Waals surface area (Å²) in [6.45, 7) is 4.00. The first-order valence-corrected chi connectivity index (χ1v) is 5.01. The highest BCUT2D eigenvalue weighted by Gasteiger charge is 2.08. The number of fused-ring (bicyclic) bond motifs is 1. The Bertz CT molecular complexity index is 448. The molecule has 0 aliphatic heterocycles. The summed E-state index contributed by atoms with van der Waals surface area (Å²) in [6.07, 6.45) is 1.83. The van der Waals surface area contributed by atoms with Crippen LogP contribution in [0.2, 0.25) is 0 Å². The molecular formula is C12H16FNO. The van der Waals surface area contributed by atoms with E-state index in [4.69, 9.17) is 4.74 Å². The standard InChI is InChI=1S/C10H10FNO.C2H6/c1-12-6-5-7-8(12)3-4-9(13-2)10(7)11;1-2/h3-6H,1-2H3;1-2H3. The van der Waals surface area contributed by atoms with Gasteiger partial charge in [-0.25, -0.2) is 4.39 Å². The lowest BCUT2D eigenvalue weighted by molar-refractivity contribution is 0.389. The predicted octanol–water partition coefficient (Wildman–Crippen LogP) is 3.35. The highest BCUT2D eigenvalue weighted by Crippen LogP contribution is 2.26. The molecule has 0 fully saturated rings. The van der Waals surface area contributed by atoms with Gasteiger partial charge in [-0.2, -0.15) is 0 Å². The van der Waals surface area contributed by atoms with Gasteiger partial charge in [-0.15, -0.1) is 0 Å². The van der Waals surface area contributed by atoms with E-state index < -0.39 is 0 Å². The molecule has 3 heteroatoms. The smallest absolute Gasteiger partial charge is 0.174 e. The molecule has 0 unspecified atom stereocenters. The first-order chi connectivity index (χ1) is 7.24. The average Bonchev–Trinajstić information content (AvgIpc) is 2.65. The Morgan fingerprint density at radius 2 is 1.87 bits per heavy atom. The van der Waals surface area contributed by atoms with Crippen LogP contribution in [0.25, 0.3) is 10.9 Å². The Kier molecular flexibility index (Phi) is 3.72. The predicted molar refractivity (Wildman–Crippen MR) is 60.8 cm³/mol.